The molecule has 110 valence electrons. The molecule has 0 bridgehead atoms. The average molecular weight is 267 g/mol. The summed E-state index contributed by atoms with van der Waals surface area (Å²) in [6, 6.07) is 0.771. The van der Waals surface area contributed by atoms with E-state index in [0.717, 1.165) is 19.0 Å². The van der Waals surface area contributed by atoms with Crippen LogP contribution in [0.25, 0.3) is 0 Å². The Balaban J connectivity index is 1.95. The summed E-state index contributed by atoms with van der Waals surface area (Å²) in [4.78, 5) is 2.69. The van der Waals surface area contributed by atoms with E-state index < -0.39 is 0 Å². The van der Waals surface area contributed by atoms with Crippen molar-refractivity contribution < 1.29 is 5.21 Å². The molecule has 2 fully saturated rings. The fraction of sp³-hybridized carbons (Fsp3) is 0.933. The highest BCUT2D eigenvalue weighted by molar-refractivity contribution is 5.80. The Labute approximate surface area is 117 Å². The van der Waals surface area contributed by atoms with Crippen LogP contribution in [0.1, 0.15) is 58.8 Å². The SMILES string of the molecule is CC(C)CN(CC1(CC(N)=NO)CC1)C1CCCC1. The molecule has 0 aliphatic heterocycles. The number of nitrogens with zero attached hydrogens (tertiary/aromatic N) is 2. The van der Waals surface area contributed by atoms with Crippen molar-refractivity contribution in [3.63, 3.8) is 0 Å². The van der Waals surface area contributed by atoms with Gasteiger partial charge in [0.2, 0.25) is 0 Å². The van der Waals surface area contributed by atoms with Gasteiger partial charge in [0.15, 0.2) is 0 Å². The third kappa shape index (κ3) is 4.10. The van der Waals surface area contributed by atoms with Crippen molar-refractivity contribution in [3.05, 3.63) is 0 Å². The van der Waals surface area contributed by atoms with E-state index in [2.05, 4.69) is 23.9 Å². The van der Waals surface area contributed by atoms with E-state index in [0.29, 0.717) is 17.2 Å². The van der Waals surface area contributed by atoms with Gasteiger partial charge in [0.05, 0.1) is 0 Å². The second-order valence-corrected chi connectivity index (χ2v) is 7.03. The van der Waals surface area contributed by atoms with Gasteiger partial charge < -0.3 is 10.9 Å². The first kappa shape index (κ1) is 14.6. The molecule has 0 saturated heterocycles. The van der Waals surface area contributed by atoms with E-state index in [9.17, 15) is 0 Å². The maximum absolute atomic E-state index is 8.77. The van der Waals surface area contributed by atoms with Crippen molar-refractivity contribution in [1.29, 1.82) is 0 Å². The molecule has 0 amide bonds. The molecular weight excluding hydrogens is 238 g/mol. The van der Waals surface area contributed by atoms with E-state index in [-0.39, 0.29) is 0 Å². The molecule has 2 rings (SSSR count). The van der Waals surface area contributed by atoms with Crippen molar-refractivity contribution in [2.24, 2.45) is 22.2 Å². The van der Waals surface area contributed by atoms with Crippen LogP contribution in [0.5, 0.6) is 0 Å². The van der Waals surface area contributed by atoms with Crippen LogP contribution in [-0.2, 0) is 0 Å². The molecule has 2 saturated carbocycles. The minimum absolute atomic E-state index is 0.299. The largest absolute Gasteiger partial charge is 0.409 e. The van der Waals surface area contributed by atoms with Crippen LogP contribution < -0.4 is 5.73 Å². The zero-order chi connectivity index (χ0) is 13.9. The summed E-state index contributed by atoms with van der Waals surface area (Å²) in [7, 11) is 0. The lowest BCUT2D eigenvalue weighted by Gasteiger charge is -2.33. The van der Waals surface area contributed by atoms with Crippen LogP contribution >= 0.6 is 0 Å². The van der Waals surface area contributed by atoms with Gasteiger partial charge in [-0.1, -0.05) is 31.8 Å². The molecule has 4 nitrogen and oxygen atoms in total. The molecule has 0 spiro atoms. The Morgan fingerprint density at radius 3 is 2.47 bits per heavy atom. The van der Waals surface area contributed by atoms with Gasteiger partial charge in [-0.15, -0.1) is 0 Å². The molecule has 0 aromatic rings. The fourth-order valence-corrected chi connectivity index (χ4v) is 3.50. The smallest absolute Gasteiger partial charge is 0.139 e. The number of rotatable bonds is 7. The molecule has 2 aliphatic carbocycles. The monoisotopic (exact) mass is 267 g/mol. The van der Waals surface area contributed by atoms with Crippen molar-refractivity contribution in [3.8, 4) is 0 Å². The quantitative estimate of drug-likeness (QED) is 0.323. The summed E-state index contributed by atoms with van der Waals surface area (Å²) in [6.45, 7) is 6.91. The zero-order valence-corrected chi connectivity index (χ0v) is 12.4. The Hall–Kier alpha value is -0.770. The van der Waals surface area contributed by atoms with Crippen molar-refractivity contribution >= 4 is 5.84 Å². The van der Waals surface area contributed by atoms with E-state index in [4.69, 9.17) is 10.9 Å². The molecule has 0 aromatic heterocycles. The highest BCUT2D eigenvalue weighted by atomic mass is 16.4. The third-order valence-electron chi connectivity index (χ3n) is 4.62. The molecule has 0 atom stereocenters. The molecule has 0 unspecified atom stereocenters. The second-order valence-electron chi connectivity index (χ2n) is 7.03. The first-order valence-corrected chi connectivity index (χ1v) is 7.75. The van der Waals surface area contributed by atoms with Crippen molar-refractivity contribution in [2.45, 2.75) is 64.8 Å². The summed E-state index contributed by atoms with van der Waals surface area (Å²) in [5, 5.41) is 11.9. The molecule has 2 aliphatic rings. The minimum atomic E-state index is 0.299. The highest BCUT2D eigenvalue weighted by Gasteiger charge is 2.45. The Morgan fingerprint density at radius 2 is 2.00 bits per heavy atom. The summed E-state index contributed by atoms with van der Waals surface area (Å²) in [6.07, 6.45) is 8.68. The van der Waals surface area contributed by atoms with Crippen LogP contribution in [0.15, 0.2) is 5.16 Å². The summed E-state index contributed by atoms with van der Waals surface area (Å²) in [5.74, 6) is 1.11. The molecule has 0 heterocycles. The van der Waals surface area contributed by atoms with Crippen LogP contribution in [0.3, 0.4) is 0 Å². The van der Waals surface area contributed by atoms with Gasteiger partial charge in [-0.2, -0.15) is 0 Å². The van der Waals surface area contributed by atoms with Gasteiger partial charge in [0.25, 0.3) is 0 Å². The molecule has 4 heteroatoms. The number of amidine groups is 1. The maximum atomic E-state index is 8.77. The van der Waals surface area contributed by atoms with Crippen LogP contribution in [-0.4, -0.2) is 35.1 Å². The maximum Gasteiger partial charge on any atom is 0.139 e. The minimum Gasteiger partial charge on any atom is -0.409 e. The third-order valence-corrected chi connectivity index (χ3v) is 4.62. The standard InChI is InChI=1S/C15H29N3O/c1-12(2)10-18(13-5-3-4-6-13)11-15(7-8-15)9-14(16)17-19/h12-13,19H,3-11H2,1-2H3,(H2,16,17). The highest BCUT2D eigenvalue weighted by Crippen LogP contribution is 2.50. The van der Waals surface area contributed by atoms with Gasteiger partial charge in [-0.25, -0.2) is 0 Å². The van der Waals surface area contributed by atoms with Crippen LogP contribution in [0.2, 0.25) is 0 Å². The van der Waals surface area contributed by atoms with Crippen molar-refractivity contribution in [1.82, 2.24) is 4.90 Å². The molecule has 0 radical (unpaired) electrons. The first-order valence-electron chi connectivity index (χ1n) is 7.75. The van der Waals surface area contributed by atoms with Crippen LogP contribution in [0.4, 0.5) is 0 Å². The topological polar surface area (TPSA) is 61.8 Å². The molecule has 19 heavy (non-hydrogen) atoms. The predicted molar refractivity (Wildman–Crippen MR) is 78.4 cm³/mol. The number of hydrogen-bond acceptors (Lipinski definition) is 3. The predicted octanol–water partition coefficient (Wildman–Crippen LogP) is 2.80. The Morgan fingerprint density at radius 1 is 1.37 bits per heavy atom. The van der Waals surface area contributed by atoms with Gasteiger partial charge in [-0.3, -0.25) is 4.90 Å². The van der Waals surface area contributed by atoms with Gasteiger partial charge in [0.1, 0.15) is 5.84 Å². The summed E-state index contributed by atoms with van der Waals surface area (Å²) < 4.78 is 0. The fourth-order valence-electron chi connectivity index (χ4n) is 3.50. The van der Waals surface area contributed by atoms with Crippen LogP contribution in [0, 0.1) is 11.3 Å². The average Bonchev–Trinajstić information content (AvgIpc) is 2.91. The van der Waals surface area contributed by atoms with E-state index in [1.54, 1.807) is 0 Å². The zero-order valence-electron chi connectivity index (χ0n) is 12.4. The number of oxime groups is 1. The lowest BCUT2D eigenvalue weighted by atomic mass is 9.98. The molecule has 0 aromatic carbocycles. The molecular formula is C15H29N3O. The number of hydrogen-bond donors (Lipinski definition) is 2. The summed E-state index contributed by atoms with van der Waals surface area (Å²) >= 11 is 0. The molecule has 3 N–H and O–H groups in total. The van der Waals surface area contributed by atoms with E-state index in [1.165, 1.54) is 45.1 Å². The van der Waals surface area contributed by atoms with E-state index in [1.807, 2.05) is 0 Å². The van der Waals surface area contributed by atoms with Crippen molar-refractivity contribution in [2.75, 3.05) is 13.1 Å². The van der Waals surface area contributed by atoms with Gasteiger partial charge >= 0.3 is 0 Å². The Kier molecular flexibility index (Phi) is 4.71. The Bertz CT molecular complexity index is 317. The first-order chi connectivity index (χ1) is 9.04. The summed E-state index contributed by atoms with van der Waals surface area (Å²) in [5.41, 5.74) is 6.01. The van der Waals surface area contributed by atoms with Gasteiger partial charge in [-0.05, 0) is 37.0 Å². The van der Waals surface area contributed by atoms with E-state index >= 15 is 0 Å². The lowest BCUT2D eigenvalue weighted by Crippen LogP contribution is -2.41. The normalized spacial score (nSPS) is 23.5. The number of nitrogens with two attached hydrogens (primary N) is 1. The van der Waals surface area contributed by atoms with Gasteiger partial charge in [0, 0.05) is 25.6 Å². The second kappa shape index (κ2) is 6.12. The lowest BCUT2D eigenvalue weighted by molar-refractivity contribution is 0.143.